The number of pyridine rings is 1. The average Bonchev–Trinajstić information content (AvgIpc) is 2.99. The Morgan fingerprint density at radius 3 is 2.48 bits per heavy atom. The zero-order chi connectivity index (χ0) is 21.4. The number of fused-ring (bicyclic) bond motifs is 1. The number of H-pyrrole nitrogens is 1. The maximum atomic E-state index is 13.0. The number of alkyl halides is 6. The molecule has 13 heteroatoms. The third-order valence-electron chi connectivity index (χ3n) is 3.45. The summed E-state index contributed by atoms with van der Waals surface area (Å²) in [4.78, 5) is 24.5. The lowest BCUT2D eigenvalue weighted by Crippen LogP contribution is -2.19. The largest absolute Gasteiger partial charge is 0.574 e. The van der Waals surface area contributed by atoms with Gasteiger partial charge in [0.1, 0.15) is 11.2 Å². The molecule has 0 saturated heterocycles. The van der Waals surface area contributed by atoms with Gasteiger partial charge in [-0.15, -0.1) is 13.2 Å². The van der Waals surface area contributed by atoms with Gasteiger partial charge in [-0.05, 0) is 12.1 Å². The first kappa shape index (κ1) is 20.1. The summed E-state index contributed by atoms with van der Waals surface area (Å²) in [5, 5.41) is 0. The van der Waals surface area contributed by atoms with Crippen molar-refractivity contribution in [3.63, 3.8) is 0 Å². The van der Waals surface area contributed by atoms with Crippen LogP contribution in [0, 0.1) is 0 Å². The predicted molar refractivity (Wildman–Crippen MR) is 87.0 cm³/mol. The average molecular weight is 417 g/mol. The number of halogens is 6. The summed E-state index contributed by atoms with van der Waals surface area (Å²) in [6.07, 6.45) is -5.46. The minimum Gasteiger partial charge on any atom is -0.388 e. The van der Waals surface area contributed by atoms with Gasteiger partial charge in [-0.3, -0.25) is 4.79 Å². The van der Waals surface area contributed by atoms with Crippen LogP contribution in [0.4, 0.5) is 26.3 Å². The molecular weight excluding hydrogens is 408 g/mol. The van der Waals surface area contributed by atoms with Gasteiger partial charge in [0.05, 0.1) is 11.9 Å². The van der Waals surface area contributed by atoms with Gasteiger partial charge >= 0.3 is 12.5 Å². The molecular formula is C16H9F6N5O2. The Morgan fingerprint density at radius 2 is 1.86 bits per heavy atom. The summed E-state index contributed by atoms with van der Waals surface area (Å²) in [7, 11) is 0. The number of amides is 1. The van der Waals surface area contributed by atoms with Crippen LogP contribution in [0.1, 0.15) is 11.3 Å². The molecule has 1 amide bonds. The number of ether oxygens (including phenoxy) is 1. The number of aromatic nitrogens is 4. The molecule has 3 heterocycles. The number of hydrogen-bond acceptors (Lipinski definition) is 5. The molecule has 0 aromatic carbocycles. The molecule has 3 aromatic rings. The maximum Gasteiger partial charge on any atom is 0.574 e. The van der Waals surface area contributed by atoms with Crippen LogP contribution in [-0.4, -0.2) is 32.2 Å². The van der Waals surface area contributed by atoms with Crippen LogP contribution in [0.3, 0.4) is 0 Å². The van der Waals surface area contributed by atoms with E-state index in [-0.39, 0.29) is 22.4 Å². The van der Waals surface area contributed by atoms with E-state index in [2.05, 4.69) is 24.7 Å². The summed E-state index contributed by atoms with van der Waals surface area (Å²) in [5.41, 5.74) is 3.60. The van der Waals surface area contributed by atoms with Crippen LogP contribution >= 0.6 is 0 Å². The first-order valence-corrected chi connectivity index (χ1v) is 7.59. The molecule has 0 unspecified atom stereocenters. The molecule has 0 aliphatic heterocycles. The van der Waals surface area contributed by atoms with Crippen molar-refractivity contribution in [3.05, 3.63) is 41.9 Å². The van der Waals surface area contributed by atoms with E-state index in [1.54, 1.807) is 0 Å². The second-order valence-corrected chi connectivity index (χ2v) is 5.56. The molecule has 0 spiro atoms. The van der Waals surface area contributed by atoms with Crippen LogP contribution < -0.4 is 10.5 Å². The SMILES string of the molecule is NC(=O)C=Cc1c[nH]c2ncc(-c3cc(OC(F)(F)F)nc(C(F)(F)F)c3)nc12. The Hall–Kier alpha value is -3.64. The van der Waals surface area contributed by atoms with Crippen LogP contribution in [0.5, 0.6) is 5.88 Å². The van der Waals surface area contributed by atoms with Crippen LogP contribution in [0.2, 0.25) is 0 Å². The van der Waals surface area contributed by atoms with Gasteiger partial charge in [0.25, 0.3) is 0 Å². The molecule has 7 nitrogen and oxygen atoms in total. The molecule has 29 heavy (non-hydrogen) atoms. The third-order valence-corrected chi connectivity index (χ3v) is 3.45. The highest BCUT2D eigenvalue weighted by molar-refractivity contribution is 5.93. The van der Waals surface area contributed by atoms with E-state index >= 15 is 0 Å². The molecule has 0 fully saturated rings. The fraction of sp³-hybridized carbons (Fsp3) is 0.125. The van der Waals surface area contributed by atoms with E-state index in [0.29, 0.717) is 17.7 Å². The fourth-order valence-corrected chi connectivity index (χ4v) is 2.32. The molecule has 152 valence electrons. The highest BCUT2D eigenvalue weighted by Crippen LogP contribution is 2.34. The molecule has 0 bridgehead atoms. The lowest BCUT2D eigenvalue weighted by atomic mass is 10.1. The van der Waals surface area contributed by atoms with Gasteiger partial charge in [0.2, 0.25) is 11.8 Å². The Labute approximate surface area is 157 Å². The van der Waals surface area contributed by atoms with E-state index in [1.807, 2.05) is 0 Å². The van der Waals surface area contributed by atoms with E-state index < -0.39 is 30.0 Å². The van der Waals surface area contributed by atoms with Gasteiger partial charge in [0, 0.05) is 29.5 Å². The highest BCUT2D eigenvalue weighted by Gasteiger charge is 2.36. The number of rotatable bonds is 4. The third kappa shape index (κ3) is 4.80. The second kappa shape index (κ2) is 7.07. The molecule has 3 N–H and O–H groups in total. The number of aromatic amines is 1. The van der Waals surface area contributed by atoms with Crippen molar-refractivity contribution in [2.24, 2.45) is 5.73 Å². The van der Waals surface area contributed by atoms with E-state index in [0.717, 1.165) is 12.3 Å². The molecule has 0 atom stereocenters. The van der Waals surface area contributed by atoms with E-state index in [1.165, 1.54) is 12.3 Å². The maximum absolute atomic E-state index is 13.0. The van der Waals surface area contributed by atoms with Crippen LogP contribution in [0.15, 0.2) is 30.6 Å². The standard InChI is InChI=1S/C16H9F6N5O2/c17-15(18,19)10-3-8(4-12(27-10)29-16(20,21)22)9-6-25-14-13(26-9)7(5-24-14)1-2-11(23)28/h1-6H,(H2,23,28)(H,24,25). The zero-order valence-electron chi connectivity index (χ0n) is 14.0. The van der Waals surface area contributed by atoms with E-state index in [9.17, 15) is 31.1 Å². The molecule has 3 rings (SSSR count). The van der Waals surface area contributed by atoms with Crippen molar-refractivity contribution in [3.8, 4) is 17.1 Å². The van der Waals surface area contributed by atoms with Gasteiger partial charge in [-0.2, -0.15) is 13.2 Å². The van der Waals surface area contributed by atoms with Crippen molar-refractivity contribution in [1.82, 2.24) is 19.9 Å². The predicted octanol–water partition coefficient (Wildman–Crippen LogP) is 3.44. The number of carbonyl (C=O) groups is 1. The summed E-state index contributed by atoms with van der Waals surface area (Å²) in [6, 6.07) is 1.18. The lowest BCUT2D eigenvalue weighted by Gasteiger charge is -2.13. The number of nitrogens with one attached hydrogen (secondary N) is 1. The van der Waals surface area contributed by atoms with Crippen LogP contribution in [-0.2, 0) is 11.0 Å². The Bertz CT molecular complexity index is 1100. The molecule has 0 aliphatic carbocycles. The Balaban J connectivity index is 2.13. The van der Waals surface area contributed by atoms with Crippen molar-refractivity contribution in [1.29, 1.82) is 0 Å². The van der Waals surface area contributed by atoms with Crippen molar-refractivity contribution in [2.45, 2.75) is 12.5 Å². The Morgan fingerprint density at radius 1 is 1.14 bits per heavy atom. The van der Waals surface area contributed by atoms with Crippen molar-refractivity contribution in [2.75, 3.05) is 0 Å². The zero-order valence-corrected chi connectivity index (χ0v) is 14.0. The number of carbonyl (C=O) groups excluding carboxylic acids is 1. The van der Waals surface area contributed by atoms with E-state index in [4.69, 9.17) is 5.73 Å². The number of nitrogens with zero attached hydrogens (tertiary/aromatic N) is 3. The van der Waals surface area contributed by atoms with Crippen LogP contribution in [0.25, 0.3) is 28.5 Å². The molecule has 0 aliphatic rings. The quantitative estimate of drug-likeness (QED) is 0.500. The van der Waals surface area contributed by atoms with Gasteiger partial charge in [-0.25, -0.2) is 15.0 Å². The first-order valence-electron chi connectivity index (χ1n) is 7.59. The molecule has 3 aromatic heterocycles. The van der Waals surface area contributed by atoms with Gasteiger partial charge in [0.15, 0.2) is 5.65 Å². The monoisotopic (exact) mass is 417 g/mol. The molecule has 0 saturated carbocycles. The first-order chi connectivity index (χ1) is 13.4. The summed E-state index contributed by atoms with van der Waals surface area (Å²) >= 11 is 0. The second-order valence-electron chi connectivity index (χ2n) is 5.56. The number of primary amides is 1. The van der Waals surface area contributed by atoms with Gasteiger partial charge in [-0.1, -0.05) is 0 Å². The highest BCUT2D eigenvalue weighted by atomic mass is 19.4. The summed E-state index contributed by atoms with van der Waals surface area (Å²) < 4.78 is 80.0. The smallest absolute Gasteiger partial charge is 0.388 e. The minimum absolute atomic E-state index is 0.156. The topological polar surface area (TPSA) is 107 Å². The number of hydrogen-bond donors (Lipinski definition) is 2. The summed E-state index contributed by atoms with van der Waals surface area (Å²) in [6.45, 7) is 0. The summed E-state index contributed by atoms with van der Waals surface area (Å²) in [5.74, 6) is -2.05. The minimum atomic E-state index is -5.24. The van der Waals surface area contributed by atoms with Gasteiger partial charge < -0.3 is 15.5 Å². The Kier molecular flexibility index (Phi) is 4.90. The van der Waals surface area contributed by atoms with Crippen molar-refractivity contribution >= 4 is 23.1 Å². The van der Waals surface area contributed by atoms with Crippen molar-refractivity contribution < 1.29 is 35.9 Å². The lowest BCUT2D eigenvalue weighted by molar-refractivity contribution is -0.276. The fourth-order valence-electron chi connectivity index (χ4n) is 2.32. The number of nitrogens with two attached hydrogens (primary N) is 1. The molecule has 0 radical (unpaired) electrons. The normalized spacial score (nSPS) is 12.6.